The van der Waals surface area contributed by atoms with E-state index in [9.17, 15) is 9.59 Å². The standard InChI is InChI=1S/C30H27N3O5S/c1-18-26(28(34)32-21-8-6-5-7-9-21)27(19-10-13-22(36-2)14-11-19)33-29(35)25(39-30(33)31-18)16-20-12-15-23(37-3)17-24(20)38-4/h5-17,27H,1-4H3,(H,32,34)/b25-16+/t27-/m1/s1. The Bertz CT molecular complexity index is 1740. The number of para-hydroxylation sites is 1. The van der Waals surface area contributed by atoms with Crippen LogP contribution in [-0.2, 0) is 4.79 Å². The molecular formula is C30H27N3O5S. The predicted molar refractivity (Wildman–Crippen MR) is 151 cm³/mol. The Morgan fingerprint density at radius 3 is 2.31 bits per heavy atom. The number of anilines is 1. The summed E-state index contributed by atoms with van der Waals surface area (Å²) in [6, 6.07) is 21.3. The maximum absolute atomic E-state index is 13.9. The van der Waals surface area contributed by atoms with Gasteiger partial charge in [0, 0.05) is 17.3 Å². The smallest absolute Gasteiger partial charge is 0.271 e. The van der Waals surface area contributed by atoms with Crippen LogP contribution in [0.5, 0.6) is 17.2 Å². The number of aromatic nitrogens is 1. The molecule has 1 aliphatic rings. The summed E-state index contributed by atoms with van der Waals surface area (Å²) in [4.78, 5) is 32.8. The van der Waals surface area contributed by atoms with Crippen LogP contribution in [0.3, 0.4) is 0 Å². The van der Waals surface area contributed by atoms with Gasteiger partial charge in [0.15, 0.2) is 4.80 Å². The average molecular weight is 542 g/mol. The summed E-state index contributed by atoms with van der Waals surface area (Å²) in [7, 11) is 4.74. The number of nitrogens with zero attached hydrogens (tertiary/aromatic N) is 2. The number of amides is 1. The Morgan fingerprint density at radius 1 is 0.949 bits per heavy atom. The molecular weight excluding hydrogens is 514 g/mol. The van der Waals surface area contributed by atoms with Crippen molar-refractivity contribution in [3.8, 4) is 17.2 Å². The summed E-state index contributed by atoms with van der Waals surface area (Å²) in [5, 5.41) is 2.96. The number of fused-ring (bicyclic) bond motifs is 1. The topological polar surface area (TPSA) is 91.2 Å². The molecule has 1 amide bonds. The number of thiazole rings is 1. The zero-order valence-electron chi connectivity index (χ0n) is 21.9. The SMILES string of the molecule is COc1ccc([C@@H]2C(C(=O)Nc3ccccc3)=C(C)N=c3s/c(=C/c4ccc(OC)cc4OC)c(=O)n32)cc1. The molecule has 3 aromatic carbocycles. The molecule has 0 aliphatic carbocycles. The molecule has 1 aliphatic heterocycles. The van der Waals surface area contributed by atoms with Gasteiger partial charge in [-0.15, -0.1) is 0 Å². The Labute approximate surface area is 229 Å². The number of methoxy groups -OCH3 is 3. The van der Waals surface area contributed by atoms with Gasteiger partial charge >= 0.3 is 0 Å². The first-order chi connectivity index (χ1) is 18.9. The highest BCUT2D eigenvalue weighted by Crippen LogP contribution is 2.32. The van der Waals surface area contributed by atoms with Gasteiger partial charge in [-0.2, -0.15) is 0 Å². The third-order valence-corrected chi connectivity index (χ3v) is 7.44. The highest BCUT2D eigenvalue weighted by molar-refractivity contribution is 7.07. The second-order valence-electron chi connectivity index (χ2n) is 8.78. The minimum atomic E-state index is -0.684. The maximum Gasteiger partial charge on any atom is 0.271 e. The van der Waals surface area contributed by atoms with Crippen LogP contribution < -0.4 is 34.4 Å². The van der Waals surface area contributed by atoms with E-state index in [1.165, 1.54) is 11.3 Å². The average Bonchev–Trinajstić information content (AvgIpc) is 3.26. The van der Waals surface area contributed by atoms with Gasteiger partial charge in [-0.3, -0.25) is 14.2 Å². The predicted octanol–water partition coefficient (Wildman–Crippen LogP) is 3.90. The summed E-state index contributed by atoms with van der Waals surface area (Å²) in [6.45, 7) is 1.79. The van der Waals surface area contributed by atoms with E-state index in [1.54, 1.807) is 45.0 Å². The van der Waals surface area contributed by atoms with Crippen molar-refractivity contribution in [2.24, 2.45) is 4.99 Å². The van der Waals surface area contributed by atoms with Crippen LogP contribution in [0, 0.1) is 0 Å². The van der Waals surface area contributed by atoms with E-state index < -0.39 is 6.04 Å². The highest BCUT2D eigenvalue weighted by Gasteiger charge is 2.32. The first kappa shape index (κ1) is 26.0. The summed E-state index contributed by atoms with van der Waals surface area (Å²) in [5.74, 6) is 1.57. The van der Waals surface area contributed by atoms with Gasteiger partial charge in [0.05, 0.1) is 43.2 Å². The van der Waals surface area contributed by atoms with Crippen molar-refractivity contribution in [1.29, 1.82) is 0 Å². The summed E-state index contributed by atoms with van der Waals surface area (Å²) in [5.41, 5.74) is 2.82. The van der Waals surface area contributed by atoms with Crippen molar-refractivity contribution in [1.82, 2.24) is 4.57 Å². The van der Waals surface area contributed by atoms with E-state index in [-0.39, 0.29) is 11.5 Å². The number of hydrogen-bond donors (Lipinski definition) is 1. The molecule has 0 spiro atoms. The van der Waals surface area contributed by atoms with Crippen molar-refractivity contribution in [2.75, 3.05) is 26.6 Å². The number of nitrogens with one attached hydrogen (secondary N) is 1. The zero-order chi connectivity index (χ0) is 27.5. The third-order valence-electron chi connectivity index (χ3n) is 6.46. The van der Waals surface area contributed by atoms with Crippen LogP contribution in [-0.4, -0.2) is 31.8 Å². The lowest BCUT2D eigenvalue weighted by molar-refractivity contribution is -0.113. The van der Waals surface area contributed by atoms with Gasteiger partial charge in [-0.1, -0.05) is 41.7 Å². The largest absolute Gasteiger partial charge is 0.497 e. The van der Waals surface area contributed by atoms with Crippen LogP contribution in [0.1, 0.15) is 24.1 Å². The van der Waals surface area contributed by atoms with E-state index in [4.69, 9.17) is 19.2 Å². The molecule has 1 aromatic heterocycles. The number of benzene rings is 3. The van der Waals surface area contributed by atoms with Crippen molar-refractivity contribution >= 4 is 29.0 Å². The first-order valence-corrected chi connectivity index (χ1v) is 13.0. The number of carbonyl (C=O) groups is 1. The van der Waals surface area contributed by atoms with Crippen molar-refractivity contribution in [3.63, 3.8) is 0 Å². The van der Waals surface area contributed by atoms with E-state index in [0.717, 1.165) is 11.1 Å². The Morgan fingerprint density at radius 2 is 1.64 bits per heavy atom. The monoisotopic (exact) mass is 541 g/mol. The number of hydrogen-bond acceptors (Lipinski definition) is 7. The molecule has 1 N–H and O–H groups in total. The molecule has 2 heterocycles. The molecule has 0 saturated heterocycles. The molecule has 1 atom stereocenters. The maximum atomic E-state index is 13.9. The minimum Gasteiger partial charge on any atom is -0.497 e. The molecule has 9 heteroatoms. The molecule has 0 bridgehead atoms. The minimum absolute atomic E-state index is 0.255. The fourth-order valence-corrected chi connectivity index (χ4v) is 5.55. The van der Waals surface area contributed by atoms with Gasteiger partial charge in [-0.25, -0.2) is 4.99 Å². The Balaban J connectivity index is 1.67. The molecule has 8 nitrogen and oxygen atoms in total. The molecule has 0 unspecified atom stereocenters. The number of rotatable bonds is 7. The quantitative estimate of drug-likeness (QED) is 0.383. The van der Waals surface area contributed by atoms with Gasteiger partial charge in [0.25, 0.3) is 11.5 Å². The molecule has 198 valence electrons. The Hall–Kier alpha value is -4.63. The zero-order valence-corrected chi connectivity index (χ0v) is 22.7. The normalized spacial score (nSPS) is 14.9. The molecule has 39 heavy (non-hydrogen) atoms. The van der Waals surface area contributed by atoms with Crippen LogP contribution in [0.15, 0.2) is 93.9 Å². The summed E-state index contributed by atoms with van der Waals surface area (Å²) in [6.07, 6.45) is 1.77. The van der Waals surface area contributed by atoms with E-state index >= 15 is 0 Å². The second-order valence-corrected chi connectivity index (χ2v) is 9.79. The summed E-state index contributed by atoms with van der Waals surface area (Å²) < 4.78 is 18.2. The molecule has 4 aromatic rings. The third kappa shape index (κ3) is 5.08. The van der Waals surface area contributed by atoms with Crippen LogP contribution in [0.25, 0.3) is 6.08 Å². The van der Waals surface area contributed by atoms with Crippen molar-refractivity contribution < 1.29 is 19.0 Å². The van der Waals surface area contributed by atoms with Gasteiger partial charge in [0.2, 0.25) is 0 Å². The van der Waals surface area contributed by atoms with Crippen molar-refractivity contribution in [2.45, 2.75) is 13.0 Å². The van der Waals surface area contributed by atoms with Crippen LogP contribution >= 0.6 is 11.3 Å². The fraction of sp³-hybridized carbons (Fsp3) is 0.167. The summed E-state index contributed by atoms with van der Waals surface area (Å²) >= 11 is 1.26. The number of carbonyl (C=O) groups excluding carboxylic acids is 1. The molecule has 0 saturated carbocycles. The molecule has 0 fully saturated rings. The van der Waals surface area contributed by atoms with E-state index in [2.05, 4.69) is 5.32 Å². The Kier molecular flexibility index (Phi) is 7.33. The van der Waals surface area contributed by atoms with E-state index in [0.29, 0.717) is 43.5 Å². The fourth-order valence-electron chi connectivity index (χ4n) is 4.51. The lowest BCUT2D eigenvalue weighted by Gasteiger charge is -2.25. The van der Waals surface area contributed by atoms with E-state index in [1.807, 2.05) is 66.7 Å². The second kappa shape index (κ2) is 11.0. The number of ether oxygens (including phenoxy) is 3. The van der Waals surface area contributed by atoms with Crippen LogP contribution in [0.4, 0.5) is 5.69 Å². The lowest BCUT2D eigenvalue weighted by atomic mass is 9.95. The van der Waals surface area contributed by atoms with Gasteiger partial charge < -0.3 is 19.5 Å². The highest BCUT2D eigenvalue weighted by atomic mass is 32.1. The van der Waals surface area contributed by atoms with Crippen molar-refractivity contribution in [3.05, 3.63) is 115 Å². The van der Waals surface area contributed by atoms with Gasteiger partial charge in [0.1, 0.15) is 17.2 Å². The molecule has 0 radical (unpaired) electrons. The molecule has 5 rings (SSSR count). The number of allylic oxidation sites excluding steroid dienone is 1. The first-order valence-electron chi connectivity index (χ1n) is 12.2. The van der Waals surface area contributed by atoms with Crippen LogP contribution in [0.2, 0.25) is 0 Å². The lowest BCUT2D eigenvalue weighted by Crippen LogP contribution is -2.40. The van der Waals surface area contributed by atoms with Gasteiger partial charge in [-0.05, 0) is 55.0 Å².